The molecule has 17 heteroatoms. The highest BCUT2D eigenvalue weighted by molar-refractivity contribution is 7.47. The molecule has 0 amide bonds. The largest absolute Gasteiger partial charge is 0.472 e. The Morgan fingerprint density at radius 1 is 0.540 bits per heavy atom. The molecule has 362 valence electrons. The monoisotopic (exact) mass is 932 g/mol. The number of unbranched alkanes of at least 4 members (excludes halogenated alkanes) is 11. The summed E-state index contributed by atoms with van der Waals surface area (Å²) in [7, 11) is -9.75. The maximum Gasteiger partial charge on any atom is 0.472 e. The van der Waals surface area contributed by atoms with Crippen molar-refractivity contribution in [1.82, 2.24) is 0 Å². The Balaban J connectivity index is 4.76. The minimum absolute atomic E-state index is 0.0558. The van der Waals surface area contributed by atoms with Gasteiger partial charge in [-0.2, -0.15) is 0 Å². The highest BCUT2D eigenvalue weighted by Crippen LogP contribution is 2.43. The summed E-state index contributed by atoms with van der Waals surface area (Å²) in [5.41, 5.74) is 0. The summed E-state index contributed by atoms with van der Waals surface area (Å²) < 4.78 is 47.6. The van der Waals surface area contributed by atoms with Gasteiger partial charge in [0.2, 0.25) is 0 Å². The van der Waals surface area contributed by atoms with Crippen LogP contribution in [0, 0.1) is 0 Å². The summed E-state index contributed by atoms with van der Waals surface area (Å²) in [6, 6.07) is 0. The van der Waals surface area contributed by atoms with Crippen molar-refractivity contribution in [1.29, 1.82) is 0 Å². The third-order valence-electron chi connectivity index (χ3n) is 8.94. The average molecular weight is 933 g/mol. The van der Waals surface area contributed by atoms with Gasteiger partial charge in [-0.15, -0.1) is 0 Å². The molecule has 0 spiro atoms. The molecule has 5 atom stereocenters. The van der Waals surface area contributed by atoms with E-state index in [0.717, 1.165) is 44.9 Å². The van der Waals surface area contributed by atoms with Gasteiger partial charge in [-0.25, -0.2) is 9.13 Å². The number of allylic oxidation sites excluding steroid dienone is 10. The van der Waals surface area contributed by atoms with Gasteiger partial charge in [0.15, 0.2) is 6.10 Å². The second-order valence-corrected chi connectivity index (χ2v) is 17.7. The van der Waals surface area contributed by atoms with Crippen molar-refractivity contribution in [3.63, 3.8) is 0 Å². The number of hydrogen-bond acceptors (Lipinski definition) is 12. The normalized spacial score (nSPS) is 15.7. The third-order valence-corrected chi connectivity index (χ3v) is 10.4. The van der Waals surface area contributed by atoms with E-state index in [4.69, 9.17) is 23.8 Å². The van der Waals surface area contributed by atoms with Crippen molar-refractivity contribution in [3.05, 3.63) is 85.1 Å². The summed E-state index contributed by atoms with van der Waals surface area (Å²) in [4.78, 5) is 52.7. The summed E-state index contributed by atoms with van der Waals surface area (Å²) in [5.74, 6) is -1.21. The summed E-state index contributed by atoms with van der Waals surface area (Å²) in [6.45, 7) is 1.34. The molecule has 0 bridgehead atoms. The van der Waals surface area contributed by atoms with Gasteiger partial charge in [-0.1, -0.05) is 150 Å². The van der Waals surface area contributed by atoms with Crippen LogP contribution in [0.25, 0.3) is 0 Å². The van der Waals surface area contributed by atoms with Gasteiger partial charge in [-0.3, -0.25) is 23.2 Å². The fraction of sp³-hybridized carbons (Fsp3) is 0.652. The van der Waals surface area contributed by atoms with Crippen LogP contribution >= 0.6 is 15.6 Å². The number of carbonyl (C=O) groups excluding carboxylic acids is 2. The van der Waals surface area contributed by atoms with Crippen molar-refractivity contribution < 1.29 is 71.8 Å². The summed E-state index contributed by atoms with van der Waals surface area (Å²) >= 11 is 0. The third kappa shape index (κ3) is 44.2. The topological polar surface area (TPSA) is 236 Å². The second kappa shape index (κ2) is 40.7. The number of aliphatic hydroxyl groups is 3. The predicted molar refractivity (Wildman–Crippen MR) is 246 cm³/mol. The van der Waals surface area contributed by atoms with Gasteiger partial charge in [0.05, 0.1) is 32.0 Å². The van der Waals surface area contributed by atoms with Gasteiger partial charge < -0.3 is 39.5 Å². The fourth-order valence-electron chi connectivity index (χ4n) is 5.48. The van der Waals surface area contributed by atoms with E-state index in [-0.39, 0.29) is 12.8 Å². The van der Waals surface area contributed by atoms with Crippen molar-refractivity contribution >= 4 is 27.6 Å². The van der Waals surface area contributed by atoms with E-state index in [1.54, 1.807) is 42.5 Å². The number of carbonyl (C=O) groups is 2. The van der Waals surface area contributed by atoms with Gasteiger partial charge in [-0.05, 0) is 64.2 Å². The lowest BCUT2D eigenvalue weighted by Crippen LogP contribution is -2.29. The number of ether oxygens (including phenoxy) is 2. The maximum absolute atomic E-state index is 12.7. The average Bonchev–Trinajstić information content (AvgIpc) is 3.23. The molecule has 1 unspecified atom stereocenters. The van der Waals surface area contributed by atoms with E-state index in [9.17, 15) is 38.9 Å². The second-order valence-electron chi connectivity index (χ2n) is 15.0. The van der Waals surface area contributed by atoms with Crippen molar-refractivity contribution in [2.75, 3.05) is 26.4 Å². The molecule has 0 heterocycles. The number of aliphatic hydroxyl groups excluding tert-OH is 3. The van der Waals surface area contributed by atoms with Crippen LogP contribution in [-0.4, -0.2) is 92.8 Å². The number of phosphoric ester groups is 2. The molecule has 0 aliphatic heterocycles. The number of hydrogen-bond donors (Lipinski definition) is 6. The van der Waals surface area contributed by atoms with E-state index in [1.165, 1.54) is 38.5 Å². The van der Waals surface area contributed by atoms with E-state index in [1.807, 2.05) is 37.3 Å². The van der Waals surface area contributed by atoms with Crippen molar-refractivity contribution in [3.8, 4) is 0 Å². The SMILES string of the molecule is CC/C=C\C[C@H](O)/C=C/C=C\C=C\[C@H](O)C/C=C\C/C=C\CCC(=O)O[C@H](COC(=O)CCCCCCC/C=C\CCCCCCCC)COP(=O)(O)OC[C@@H](O)COP(=O)(O)O. The van der Waals surface area contributed by atoms with Crippen LogP contribution in [0.4, 0.5) is 0 Å². The smallest absolute Gasteiger partial charge is 0.462 e. The number of rotatable bonds is 41. The zero-order chi connectivity index (χ0) is 46.9. The van der Waals surface area contributed by atoms with Crippen LogP contribution in [0.1, 0.15) is 142 Å². The lowest BCUT2D eigenvalue weighted by Gasteiger charge is -2.20. The van der Waals surface area contributed by atoms with Crippen LogP contribution in [0.3, 0.4) is 0 Å². The first kappa shape index (κ1) is 60.2. The molecule has 0 aromatic rings. The highest BCUT2D eigenvalue weighted by Gasteiger charge is 2.28. The van der Waals surface area contributed by atoms with Crippen LogP contribution in [0.2, 0.25) is 0 Å². The quantitative estimate of drug-likeness (QED) is 0.0110. The standard InChI is InChI=1S/C46H78O15P2/c1-3-5-7-8-9-10-11-12-13-14-15-16-17-21-29-35-45(50)57-39-44(40-60-63(55,56)59-38-43(49)37-58-62(52,53)54)61-46(51)36-30-22-19-18-20-26-32-42(48)34-28-24-23-27-33-41(47)31-25-6-4-2/h6,12-13,19-20,22-28,33-34,41-44,47-49H,3-5,7-11,14-18,21,29-32,35-40H2,1-2H3,(H,55,56)(H2,52,53,54)/b13-12-,22-19-,24-23-,25-6-,26-20-,33-27+,34-28+/t41-,42+,43-,44+/m0/s1. The van der Waals surface area contributed by atoms with Crippen LogP contribution < -0.4 is 0 Å². The minimum Gasteiger partial charge on any atom is -0.462 e. The van der Waals surface area contributed by atoms with Crippen LogP contribution in [0.5, 0.6) is 0 Å². The Labute approximate surface area is 376 Å². The number of phosphoric acid groups is 2. The summed E-state index contributed by atoms with van der Waals surface area (Å²) in [6.07, 6.45) is 39.3. The van der Waals surface area contributed by atoms with Crippen molar-refractivity contribution in [2.24, 2.45) is 0 Å². The lowest BCUT2D eigenvalue weighted by atomic mass is 10.1. The Kier molecular flexibility index (Phi) is 38.9. The van der Waals surface area contributed by atoms with E-state index < -0.39 is 78.4 Å². The molecule has 0 saturated heterocycles. The van der Waals surface area contributed by atoms with Crippen LogP contribution in [-0.2, 0) is 41.8 Å². The molecule has 0 aromatic carbocycles. The molecular weight excluding hydrogens is 854 g/mol. The molecule has 0 radical (unpaired) electrons. The van der Waals surface area contributed by atoms with Gasteiger partial charge in [0.25, 0.3) is 0 Å². The van der Waals surface area contributed by atoms with Crippen molar-refractivity contribution in [2.45, 2.75) is 167 Å². The zero-order valence-electron chi connectivity index (χ0n) is 37.6. The molecule has 0 aliphatic carbocycles. The highest BCUT2D eigenvalue weighted by atomic mass is 31.2. The minimum atomic E-state index is -4.89. The molecule has 0 aromatic heterocycles. The molecule has 6 N–H and O–H groups in total. The summed E-state index contributed by atoms with van der Waals surface area (Å²) in [5, 5.41) is 29.7. The molecule has 15 nitrogen and oxygen atoms in total. The van der Waals surface area contributed by atoms with E-state index >= 15 is 0 Å². The molecule has 0 rings (SSSR count). The molecule has 63 heavy (non-hydrogen) atoms. The zero-order valence-corrected chi connectivity index (χ0v) is 39.4. The van der Waals surface area contributed by atoms with Crippen LogP contribution in [0.15, 0.2) is 85.1 Å². The molecule has 0 saturated carbocycles. The van der Waals surface area contributed by atoms with E-state index in [0.29, 0.717) is 32.1 Å². The maximum atomic E-state index is 12.7. The molecule has 0 fully saturated rings. The van der Waals surface area contributed by atoms with Gasteiger partial charge in [0.1, 0.15) is 12.7 Å². The molecule has 0 aliphatic rings. The molecular formula is C46H78O15P2. The first-order valence-corrected chi connectivity index (χ1v) is 25.5. The lowest BCUT2D eigenvalue weighted by molar-refractivity contribution is -0.161. The Morgan fingerprint density at radius 3 is 1.67 bits per heavy atom. The van der Waals surface area contributed by atoms with E-state index in [2.05, 4.69) is 28.1 Å². The first-order chi connectivity index (χ1) is 30.2. The van der Waals surface area contributed by atoms with Gasteiger partial charge >= 0.3 is 27.6 Å². The van der Waals surface area contributed by atoms with Gasteiger partial charge in [0, 0.05) is 12.8 Å². The predicted octanol–water partition coefficient (Wildman–Crippen LogP) is 9.50. The Hall–Kier alpha value is -2.78. The number of esters is 2. The Morgan fingerprint density at radius 2 is 1.06 bits per heavy atom. The fourth-order valence-corrected chi connectivity index (χ4v) is 6.64. The first-order valence-electron chi connectivity index (χ1n) is 22.5. The Bertz CT molecular complexity index is 1470.